The molecular formula is C16H17N3S. The fraction of sp³-hybridized carbons (Fsp3) is 0.188. The van der Waals surface area contributed by atoms with Crippen LogP contribution in [-0.4, -0.2) is 9.55 Å². The summed E-state index contributed by atoms with van der Waals surface area (Å²) in [6, 6.07) is 14.4. The van der Waals surface area contributed by atoms with Crippen LogP contribution in [0, 0.1) is 6.92 Å². The molecule has 2 heterocycles. The lowest BCUT2D eigenvalue weighted by Gasteiger charge is -2.09. The molecule has 0 unspecified atom stereocenters. The van der Waals surface area contributed by atoms with Crippen molar-refractivity contribution in [2.45, 2.75) is 19.9 Å². The molecular weight excluding hydrogens is 266 g/mol. The van der Waals surface area contributed by atoms with Crippen LogP contribution < -0.4 is 5.32 Å². The maximum absolute atomic E-state index is 4.56. The molecule has 2 aromatic heterocycles. The van der Waals surface area contributed by atoms with Crippen LogP contribution in [0.4, 0.5) is 11.6 Å². The van der Waals surface area contributed by atoms with Crippen LogP contribution in [0.25, 0.3) is 0 Å². The van der Waals surface area contributed by atoms with Crippen LogP contribution in [0.2, 0.25) is 0 Å². The first-order chi connectivity index (χ1) is 9.81. The molecule has 0 spiro atoms. The van der Waals surface area contributed by atoms with Crippen LogP contribution in [0.5, 0.6) is 0 Å². The molecule has 0 saturated carbocycles. The number of hydrogen-bond acceptors (Lipinski definition) is 3. The summed E-state index contributed by atoms with van der Waals surface area (Å²) < 4.78 is 2.18. The highest BCUT2D eigenvalue weighted by Gasteiger charge is 2.06. The van der Waals surface area contributed by atoms with Crippen molar-refractivity contribution in [3.8, 4) is 0 Å². The van der Waals surface area contributed by atoms with Crippen molar-refractivity contribution in [3.63, 3.8) is 0 Å². The van der Waals surface area contributed by atoms with E-state index in [0.717, 1.165) is 30.3 Å². The normalized spacial score (nSPS) is 10.7. The summed E-state index contributed by atoms with van der Waals surface area (Å²) in [7, 11) is 0. The Hall–Kier alpha value is -2.07. The highest BCUT2D eigenvalue weighted by atomic mass is 32.1. The Bertz CT molecular complexity index is 656. The van der Waals surface area contributed by atoms with Gasteiger partial charge in [-0.1, -0.05) is 24.3 Å². The Labute approximate surface area is 122 Å². The van der Waals surface area contributed by atoms with Gasteiger partial charge in [0.05, 0.1) is 5.69 Å². The quantitative estimate of drug-likeness (QED) is 0.759. The molecule has 0 aliphatic rings. The van der Waals surface area contributed by atoms with E-state index in [1.165, 1.54) is 4.88 Å². The van der Waals surface area contributed by atoms with Gasteiger partial charge in [-0.2, -0.15) is 0 Å². The smallest absolute Gasteiger partial charge is 0.207 e. The van der Waals surface area contributed by atoms with Gasteiger partial charge in [0.2, 0.25) is 5.95 Å². The largest absolute Gasteiger partial charge is 0.326 e. The molecule has 3 nitrogen and oxygen atoms in total. The molecule has 4 heteroatoms. The number of thiophene rings is 1. The molecule has 0 atom stereocenters. The minimum Gasteiger partial charge on any atom is -0.326 e. The number of aryl methyl sites for hydroxylation is 3. The van der Waals surface area contributed by atoms with E-state index in [1.807, 2.05) is 37.3 Å². The van der Waals surface area contributed by atoms with Crippen LogP contribution in [0.1, 0.15) is 10.6 Å². The topological polar surface area (TPSA) is 29.9 Å². The number of aromatic nitrogens is 2. The average molecular weight is 283 g/mol. The third-order valence-corrected chi connectivity index (χ3v) is 4.04. The van der Waals surface area contributed by atoms with Gasteiger partial charge >= 0.3 is 0 Å². The zero-order valence-electron chi connectivity index (χ0n) is 11.4. The lowest BCUT2D eigenvalue weighted by atomic mass is 10.3. The number of hydrogen-bond donors (Lipinski definition) is 1. The van der Waals surface area contributed by atoms with Gasteiger partial charge in [-0.15, -0.1) is 11.3 Å². The second kappa shape index (κ2) is 5.92. The first kappa shape index (κ1) is 12.9. The van der Waals surface area contributed by atoms with Gasteiger partial charge < -0.3 is 9.88 Å². The highest BCUT2D eigenvalue weighted by molar-refractivity contribution is 7.09. The molecule has 0 saturated heterocycles. The van der Waals surface area contributed by atoms with Crippen LogP contribution in [0.3, 0.4) is 0 Å². The number of para-hydroxylation sites is 1. The predicted octanol–water partition coefficient (Wildman–Crippen LogP) is 4.24. The van der Waals surface area contributed by atoms with Gasteiger partial charge in [-0.3, -0.25) is 0 Å². The molecule has 102 valence electrons. The highest BCUT2D eigenvalue weighted by Crippen LogP contribution is 2.17. The van der Waals surface area contributed by atoms with Gasteiger partial charge in [-0.05, 0) is 36.9 Å². The number of nitrogens with one attached hydrogen (secondary N) is 1. The van der Waals surface area contributed by atoms with Crippen molar-refractivity contribution in [1.29, 1.82) is 0 Å². The summed E-state index contributed by atoms with van der Waals surface area (Å²) in [5.74, 6) is 0.908. The number of anilines is 2. The van der Waals surface area contributed by atoms with Crippen molar-refractivity contribution < 1.29 is 0 Å². The Morgan fingerprint density at radius 1 is 1.15 bits per heavy atom. The Balaban J connectivity index is 1.74. The van der Waals surface area contributed by atoms with Crippen molar-refractivity contribution >= 4 is 23.0 Å². The minimum absolute atomic E-state index is 0.908. The SMILES string of the molecule is Cc1cn(CCc2cccs2)c(Nc2ccccc2)n1. The summed E-state index contributed by atoms with van der Waals surface area (Å²) in [5.41, 5.74) is 2.10. The van der Waals surface area contributed by atoms with E-state index in [4.69, 9.17) is 0 Å². The van der Waals surface area contributed by atoms with Gasteiger partial charge in [-0.25, -0.2) is 4.98 Å². The number of nitrogens with zero attached hydrogens (tertiary/aromatic N) is 2. The Morgan fingerprint density at radius 3 is 2.75 bits per heavy atom. The summed E-state index contributed by atoms with van der Waals surface area (Å²) in [6.07, 6.45) is 3.13. The van der Waals surface area contributed by atoms with Gasteiger partial charge in [0.15, 0.2) is 0 Å². The van der Waals surface area contributed by atoms with Crippen LogP contribution >= 0.6 is 11.3 Å². The maximum Gasteiger partial charge on any atom is 0.207 e. The molecule has 0 amide bonds. The lowest BCUT2D eigenvalue weighted by Crippen LogP contribution is -2.04. The van der Waals surface area contributed by atoms with E-state index in [9.17, 15) is 0 Å². The zero-order valence-corrected chi connectivity index (χ0v) is 12.2. The summed E-state index contributed by atoms with van der Waals surface area (Å²) >= 11 is 1.80. The van der Waals surface area contributed by atoms with Crippen molar-refractivity contribution in [1.82, 2.24) is 9.55 Å². The first-order valence-corrected chi connectivity index (χ1v) is 7.57. The van der Waals surface area contributed by atoms with E-state index in [2.05, 4.69) is 38.6 Å². The number of benzene rings is 1. The molecule has 0 aliphatic carbocycles. The van der Waals surface area contributed by atoms with Gasteiger partial charge in [0, 0.05) is 23.3 Å². The second-order valence-corrected chi connectivity index (χ2v) is 5.75. The molecule has 0 fully saturated rings. The van der Waals surface area contributed by atoms with E-state index in [1.54, 1.807) is 11.3 Å². The maximum atomic E-state index is 4.56. The molecule has 3 rings (SSSR count). The average Bonchev–Trinajstić information content (AvgIpc) is 3.07. The summed E-state index contributed by atoms with van der Waals surface area (Å²) in [5, 5.41) is 5.50. The van der Waals surface area contributed by atoms with Crippen molar-refractivity contribution in [2.24, 2.45) is 0 Å². The summed E-state index contributed by atoms with van der Waals surface area (Å²) in [6.45, 7) is 2.97. The third-order valence-electron chi connectivity index (χ3n) is 3.11. The molecule has 0 radical (unpaired) electrons. The van der Waals surface area contributed by atoms with E-state index in [0.29, 0.717) is 0 Å². The fourth-order valence-corrected chi connectivity index (χ4v) is 2.85. The lowest BCUT2D eigenvalue weighted by molar-refractivity contribution is 0.710. The minimum atomic E-state index is 0.908. The molecule has 1 N–H and O–H groups in total. The number of imidazole rings is 1. The molecule has 0 bridgehead atoms. The first-order valence-electron chi connectivity index (χ1n) is 6.69. The Morgan fingerprint density at radius 2 is 2.00 bits per heavy atom. The van der Waals surface area contributed by atoms with Crippen molar-refractivity contribution in [2.75, 3.05) is 5.32 Å². The van der Waals surface area contributed by atoms with E-state index >= 15 is 0 Å². The van der Waals surface area contributed by atoms with E-state index < -0.39 is 0 Å². The third kappa shape index (κ3) is 3.08. The fourth-order valence-electron chi connectivity index (χ4n) is 2.15. The molecule has 3 aromatic rings. The van der Waals surface area contributed by atoms with Gasteiger partial charge in [0.25, 0.3) is 0 Å². The number of rotatable bonds is 5. The molecule has 20 heavy (non-hydrogen) atoms. The van der Waals surface area contributed by atoms with Gasteiger partial charge in [0.1, 0.15) is 0 Å². The van der Waals surface area contributed by atoms with Crippen LogP contribution in [0.15, 0.2) is 54.0 Å². The van der Waals surface area contributed by atoms with E-state index in [-0.39, 0.29) is 0 Å². The van der Waals surface area contributed by atoms with Crippen LogP contribution in [-0.2, 0) is 13.0 Å². The van der Waals surface area contributed by atoms with Crippen molar-refractivity contribution in [3.05, 3.63) is 64.6 Å². The second-order valence-electron chi connectivity index (χ2n) is 4.72. The molecule has 1 aromatic carbocycles. The summed E-state index contributed by atoms with van der Waals surface area (Å²) in [4.78, 5) is 5.97. The predicted molar refractivity (Wildman–Crippen MR) is 84.7 cm³/mol. The molecule has 0 aliphatic heterocycles. The Kier molecular flexibility index (Phi) is 3.83. The monoisotopic (exact) mass is 283 g/mol. The zero-order chi connectivity index (χ0) is 13.8. The standard InChI is InChI=1S/C16H17N3S/c1-13-12-19(10-9-15-8-5-11-20-15)16(17-13)18-14-6-3-2-4-7-14/h2-8,11-12H,9-10H2,1H3,(H,17,18).